The van der Waals surface area contributed by atoms with Crippen LogP contribution in [0.1, 0.15) is 83.3 Å². The topological polar surface area (TPSA) is 64.9 Å². The second-order valence-electron chi connectivity index (χ2n) is 8.35. The molecule has 3 rings (SSSR count). The predicted molar refractivity (Wildman–Crippen MR) is 82.9 cm³/mol. The Morgan fingerprint density at radius 3 is 2.38 bits per heavy atom. The molecule has 0 spiro atoms. The standard InChI is InChI=1S/C17H29N3O/c1-16(2,3)13-7-5-12(6-8-13)15-19-14(21-20-15)11-17(18)9-4-10-17/h12-13H,4-11,18H2,1-3H3. The lowest BCUT2D eigenvalue weighted by Gasteiger charge is -2.36. The summed E-state index contributed by atoms with van der Waals surface area (Å²) in [5.74, 6) is 2.96. The smallest absolute Gasteiger partial charge is 0.228 e. The molecule has 0 amide bonds. The van der Waals surface area contributed by atoms with Crippen molar-refractivity contribution < 1.29 is 4.52 Å². The predicted octanol–water partition coefficient (Wildman–Crippen LogP) is 3.81. The van der Waals surface area contributed by atoms with E-state index >= 15 is 0 Å². The molecule has 1 heterocycles. The Labute approximate surface area is 127 Å². The molecule has 0 atom stereocenters. The van der Waals surface area contributed by atoms with E-state index < -0.39 is 0 Å². The average molecular weight is 291 g/mol. The van der Waals surface area contributed by atoms with E-state index in [9.17, 15) is 0 Å². The number of hydrogen-bond acceptors (Lipinski definition) is 4. The van der Waals surface area contributed by atoms with Crippen LogP contribution in [-0.4, -0.2) is 15.7 Å². The van der Waals surface area contributed by atoms with E-state index in [2.05, 4.69) is 30.9 Å². The normalized spacial score (nSPS) is 29.1. The van der Waals surface area contributed by atoms with Gasteiger partial charge in [0.1, 0.15) is 0 Å². The van der Waals surface area contributed by atoms with Gasteiger partial charge in [-0.3, -0.25) is 0 Å². The Bertz CT molecular complexity index is 476. The first-order valence-electron chi connectivity index (χ1n) is 8.47. The lowest BCUT2D eigenvalue weighted by Crippen LogP contribution is -2.48. The summed E-state index contributed by atoms with van der Waals surface area (Å²) in [4.78, 5) is 4.63. The molecule has 2 saturated carbocycles. The van der Waals surface area contributed by atoms with Crippen LogP contribution in [0, 0.1) is 11.3 Å². The van der Waals surface area contributed by atoms with Crippen LogP contribution in [0.3, 0.4) is 0 Å². The molecule has 1 aromatic rings. The first-order valence-corrected chi connectivity index (χ1v) is 8.47. The average Bonchev–Trinajstić information content (AvgIpc) is 2.84. The van der Waals surface area contributed by atoms with Gasteiger partial charge in [-0.05, 0) is 56.3 Å². The fourth-order valence-corrected chi connectivity index (χ4v) is 3.83. The monoisotopic (exact) mass is 291 g/mol. The van der Waals surface area contributed by atoms with Crippen LogP contribution >= 0.6 is 0 Å². The van der Waals surface area contributed by atoms with Gasteiger partial charge in [0, 0.05) is 17.9 Å². The lowest BCUT2D eigenvalue weighted by atomic mass is 9.70. The third-order valence-electron chi connectivity index (χ3n) is 5.65. The minimum absolute atomic E-state index is 0.0757. The van der Waals surface area contributed by atoms with Crippen molar-refractivity contribution in [2.75, 3.05) is 0 Å². The van der Waals surface area contributed by atoms with Crippen LogP contribution in [0.4, 0.5) is 0 Å². The van der Waals surface area contributed by atoms with E-state index in [1.54, 1.807) is 0 Å². The maximum atomic E-state index is 6.26. The van der Waals surface area contributed by atoms with Crippen molar-refractivity contribution >= 4 is 0 Å². The molecule has 0 radical (unpaired) electrons. The summed E-state index contributed by atoms with van der Waals surface area (Å²) in [6, 6.07) is 0. The molecule has 2 aliphatic rings. The van der Waals surface area contributed by atoms with Crippen LogP contribution in [0.25, 0.3) is 0 Å². The zero-order chi connectivity index (χ0) is 15.1. The molecule has 0 aromatic carbocycles. The van der Waals surface area contributed by atoms with Gasteiger partial charge >= 0.3 is 0 Å². The second kappa shape index (κ2) is 5.38. The minimum Gasteiger partial charge on any atom is -0.339 e. The van der Waals surface area contributed by atoms with Gasteiger partial charge in [-0.25, -0.2) is 0 Å². The Kier molecular flexibility index (Phi) is 3.85. The van der Waals surface area contributed by atoms with Crippen LogP contribution < -0.4 is 5.73 Å². The highest BCUT2D eigenvalue weighted by molar-refractivity contribution is 5.04. The van der Waals surface area contributed by atoms with E-state index in [1.165, 1.54) is 32.1 Å². The van der Waals surface area contributed by atoms with Crippen LogP contribution in [-0.2, 0) is 6.42 Å². The molecule has 0 aliphatic heterocycles. The molecule has 118 valence electrons. The largest absolute Gasteiger partial charge is 0.339 e. The van der Waals surface area contributed by atoms with Crippen molar-refractivity contribution in [2.24, 2.45) is 17.1 Å². The molecule has 2 aliphatic carbocycles. The summed E-state index contributed by atoms with van der Waals surface area (Å²) in [7, 11) is 0. The molecule has 21 heavy (non-hydrogen) atoms. The molecule has 1 aromatic heterocycles. The van der Waals surface area contributed by atoms with Gasteiger partial charge in [0.05, 0.1) is 0 Å². The van der Waals surface area contributed by atoms with Gasteiger partial charge in [0.25, 0.3) is 0 Å². The Morgan fingerprint density at radius 2 is 1.86 bits per heavy atom. The van der Waals surface area contributed by atoms with Gasteiger partial charge in [0.2, 0.25) is 5.89 Å². The molecule has 0 bridgehead atoms. The van der Waals surface area contributed by atoms with Crippen molar-refractivity contribution in [2.45, 2.75) is 83.6 Å². The molecule has 2 fully saturated rings. The zero-order valence-corrected chi connectivity index (χ0v) is 13.7. The highest BCUT2D eigenvalue weighted by Gasteiger charge is 2.36. The molecular weight excluding hydrogens is 262 g/mol. The van der Waals surface area contributed by atoms with Crippen molar-refractivity contribution in [3.05, 3.63) is 11.7 Å². The summed E-state index contributed by atoms with van der Waals surface area (Å²) in [5, 5.41) is 4.23. The molecule has 4 heteroatoms. The first-order chi connectivity index (χ1) is 9.86. The summed E-state index contributed by atoms with van der Waals surface area (Å²) in [5.41, 5.74) is 6.61. The molecule has 0 unspecified atom stereocenters. The van der Waals surface area contributed by atoms with Gasteiger partial charge < -0.3 is 10.3 Å². The van der Waals surface area contributed by atoms with E-state index in [0.29, 0.717) is 11.3 Å². The summed E-state index contributed by atoms with van der Waals surface area (Å²) >= 11 is 0. The van der Waals surface area contributed by atoms with Crippen LogP contribution in [0.2, 0.25) is 0 Å². The van der Waals surface area contributed by atoms with Crippen LogP contribution in [0.15, 0.2) is 4.52 Å². The number of aromatic nitrogens is 2. The van der Waals surface area contributed by atoms with Gasteiger partial charge in [0.15, 0.2) is 5.82 Å². The van der Waals surface area contributed by atoms with E-state index in [0.717, 1.165) is 36.9 Å². The lowest BCUT2D eigenvalue weighted by molar-refractivity contribution is 0.166. The van der Waals surface area contributed by atoms with Crippen LogP contribution in [0.5, 0.6) is 0 Å². The summed E-state index contributed by atoms with van der Waals surface area (Å²) < 4.78 is 5.44. The number of hydrogen-bond donors (Lipinski definition) is 1. The highest BCUT2D eigenvalue weighted by atomic mass is 16.5. The Hall–Kier alpha value is -0.900. The molecule has 0 saturated heterocycles. The number of rotatable bonds is 3. The Balaban J connectivity index is 1.57. The quantitative estimate of drug-likeness (QED) is 0.919. The van der Waals surface area contributed by atoms with Gasteiger partial charge in [-0.15, -0.1) is 0 Å². The van der Waals surface area contributed by atoms with Gasteiger partial charge in [-0.2, -0.15) is 4.98 Å². The van der Waals surface area contributed by atoms with Crippen molar-refractivity contribution in [1.82, 2.24) is 10.1 Å². The van der Waals surface area contributed by atoms with Gasteiger partial charge in [-0.1, -0.05) is 25.9 Å². The fourth-order valence-electron chi connectivity index (χ4n) is 3.83. The number of nitrogens with zero attached hydrogens (tertiary/aromatic N) is 2. The molecular formula is C17H29N3O. The van der Waals surface area contributed by atoms with E-state index in [1.807, 2.05) is 0 Å². The summed E-state index contributed by atoms with van der Waals surface area (Å²) in [6.07, 6.45) is 9.08. The zero-order valence-electron chi connectivity index (χ0n) is 13.7. The van der Waals surface area contributed by atoms with E-state index in [-0.39, 0.29) is 5.54 Å². The first kappa shape index (κ1) is 15.0. The maximum Gasteiger partial charge on any atom is 0.228 e. The van der Waals surface area contributed by atoms with Crippen molar-refractivity contribution in [3.8, 4) is 0 Å². The summed E-state index contributed by atoms with van der Waals surface area (Å²) in [6.45, 7) is 7.05. The molecule has 4 nitrogen and oxygen atoms in total. The highest BCUT2D eigenvalue weighted by Crippen LogP contribution is 2.42. The third kappa shape index (κ3) is 3.31. The SMILES string of the molecule is CC(C)(C)C1CCC(c2noc(CC3(N)CCC3)n2)CC1. The van der Waals surface area contributed by atoms with Crippen molar-refractivity contribution in [1.29, 1.82) is 0 Å². The maximum absolute atomic E-state index is 6.26. The second-order valence-corrected chi connectivity index (χ2v) is 8.35. The van der Waals surface area contributed by atoms with Crippen molar-refractivity contribution in [3.63, 3.8) is 0 Å². The number of nitrogens with two attached hydrogens (primary N) is 1. The van der Waals surface area contributed by atoms with E-state index in [4.69, 9.17) is 10.3 Å². The Morgan fingerprint density at radius 1 is 1.19 bits per heavy atom. The third-order valence-corrected chi connectivity index (χ3v) is 5.65. The fraction of sp³-hybridized carbons (Fsp3) is 0.882. The minimum atomic E-state index is -0.0757. The molecule has 2 N–H and O–H groups in total.